The topological polar surface area (TPSA) is 26.0 Å². The lowest BCUT2D eigenvalue weighted by atomic mass is 9.97. The zero-order valence-electron chi connectivity index (χ0n) is 8.18. The molecule has 1 nitrogen and oxygen atoms in total. The Kier molecular flexibility index (Phi) is 3.76. The third kappa shape index (κ3) is 2.23. The van der Waals surface area contributed by atoms with Gasteiger partial charge in [-0.2, -0.15) is 0 Å². The van der Waals surface area contributed by atoms with Gasteiger partial charge in [0.25, 0.3) is 0 Å². The quantitative estimate of drug-likeness (QED) is 0.791. The van der Waals surface area contributed by atoms with Gasteiger partial charge in [0.1, 0.15) is 0 Å². The molecule has 1 aromatic carbocycles. The molecule has 0 heterocycles. The third-order valence-corrected chi connectivity index (χ3v) is 2.70. The molecule has 2 heteroatoms. The lowest BCUT2D eigenvalue weighted by molar-refractivity contribution is 0.690. The van der Waals surface area contributed by atoms with Crippen LogP contribution in [0.25, 0.3) is 0 Å². The van der Waals surface area contributed by atoms with E-state index >= 15 is 0 Å². The maximum absolute atomic E-state index is 6.08. The summed E-state index contributed by atoms with van der Waals surface area (Å²) >= 11 is 6.08. The first-order valence-corrected chi connectivity index (χ1v) is 5.11. The van der Waals surface area contributed by atoms with Crippen molar-refractivity contribution >= 4 is 11.6 Å². The molecule has 1 aromatic rings. The van der Waals surface area contributed by atoms with Gasteiger partial charge in [0.15, 0.2) is 0 Å². The lowest BCUT2D eigenvalue weighted by Crippen LogP contribution is -2.11. The van der Waals surface area contributed by atoms with Crippen molar-refractivity contribution in [1.82, 2.24) is 0 Å². The Hall–Kier alpha value is -0.530. The molecule has 0 saturated heterocycles. The predicted molar refractivity (Wildman–Crippen MR) is 58.0 cm³/mol. The summed E-state index contributed by atoms with van der Waals surface area (Å²) in [6.45, 7) is 4.19. The van der Waals surface area contributed by atoms with Crippen LogP contribution in [0.15, 0.2) is 18.2 Å². The molecule has 72 valence electrons. The van der Waals surface area contributed by atoms with Gasteiger partial charge in [0.2, 0.25) is 0 Å². The van der Waals surface area contributed by atoms with E-state index in [-0.39, 0.29) is 6.04 Å². The monoisotopic (exact) mass is 197 g/mol. The average molecular weight is 198 g/mol. The standard InChI is InChI=1S/C11H16ClN/c1-3-8-9(11(13)4-2)6-5-7-10(8)12/h5-7,11H,3-4,13H2,1-2H3. The summed E-state index contributed by atoms with van der Waals surface area (Å²) in [5.41, 5.74) is 8.37. The summed E-state index contributed by atoms with van der Waals surface area (Å²) in [6, 6.07) is 6.07. The van der Waals surface area contributed by atoms with E-state index in [0.29, 0.717) is 0 Å². The minimum absolute atomic E-state index is 0.119. The number of benzene rings is 1. The van der Waals surface area contributed by atoms with Crippen LogP contribution in [0.3, 0.4) is 0 Å². The second-order valence-corrected chi connectivity index (χ2v) is 3.58. The highest BCUT2D eigenvalue weighted by molar-refractivity contribution is 6.31. The second kappa shape index (κ2) is 4.64. The van der Waals surface area contributed by atoms with E-state index < -0.39 is 0 Å². The summed E-state index contributed by atoms with van der Waals surface area (Å²) < 4.78 is 0. The van der Waals surface area contributed by atoms with Gasteiger partial charge < -0.3 is 5.73 Å². The molecule has 2 N–H and O–H groups in total. The number of rotatable bonds is 3. The average Bonchev–Trinajstić information content (AvgIpc) is 2.16. The van der Waals surface area contributed by atoms with Crippen LogP contribution in [0.2, 0.25) is 5.02 Å². The van der Waals surface area contributed by atoms with Gasteiger partial charge in [0, 0.05) is 11.1 Å². The normalized spacial score (nSPS) is 12.9. The highest BCUT2D eigenvalue weighted by Gasteiger charge is 2.09. The Morgan fingerprint density at radius 1 is 1.38 bits per heavy atom. The van der Waals surface area contributed by atoms with Crippen LogP contribution in [0.4, 0.5) is 0 Å². The van der Waals surface area contributed by atoms with Crippen molar-refractivity contribution in [2.24, 2.45) is 5.73 Å². The van der Waals surface area contributed by atoms with E-state index in [1.165, 1.54) is 11.1 Å². The van der Waals surface area contributed by atoms with Gasteiger partial charge in [0.05, 0.1) is 0 Å². The van der Waals surface area contributed by atoms with E-state index in [2.05, 4.69) is 19.9 Å². The van der Waals surface area contributed by atoms with Crippen LogP contribution in [-0.4, -0.2) is 0 Å². The fraction of sp³-hybridized carbons (Fsp3) is 0.455. The molecule has 0 aliphatic heterocycles. The van der Waals surface area contributed by atoms with Gasteiger partial charge >= 0.3 is 0 Å². The molecule has 0 radical (unpaired) electrons. The molecular formula is C11H16ClN. The molecule has 0 aliphatic carbocycles. The Morgan fingerprint density at radius 2 is 2.08 bits per heavy atom. The van der Waals surface area contributed by atoms with Crippen molar-refractivity contribution in [2.75, 3.05) is 0 Å². The molecule has 0 aromatic heterocycles. The molecule has 0 bridgehead atoms. The molecule has 13 heavy (non-hydrogen) atoms. The first-order chi connectivity index (χ1) is 6.20. The van der Waals surface area contributed by atoms with E-state index in [9.17, 15) is 0 Å². The summed E-state index contributed by atoms with van der Waals surface area (Å²) in [7, 11) is 0. The lowest BCUT2D eigenvalue weighted by Gasteiger charge is -2.14. The van der Waals surface area contributed by atoms with Crippen molar-refractivity contribution < 1.29 is 0 Å². The first kappa shape index (κ1) is 10.6. The summed E-state index contributed by atoms with van der Waals surface area (Å²) in [5.74, 6) is 0. The van der Waals surface area contributed by atoms with Gasteiger partial charge in [-0.25, -0.2) is 0 Å². The highest BCUT2D eigenvalue weighted by atomic mass is 35.5. The van der Waals surface area contributed by atoms with Crippen LogP contribution in [0.1, 0.15) is 37.4 Å². The Balaban J connectivity index is 3.12. The largest absolute Gasteiger partial charge is 0.324 e. The summed E-state index contributed by atoms with van der Waals surface area (Å²) in [5, 5.41) is 0.837. The SMILES string of the molecule is CCc1c(Cl)cccc1C(N)CC. The maximum atomic E-state index is 6.08. The van der Waals surface area contributed by atoms with Gasteiger partial charge in [-0.1, -0.05) is 37.6 Å². The number of hydrogen-bond donors (Lipinski definition) is 1. The van der Waals surface area contributed by atoms with Crippen LogP contribution < -0.4 is 5.73 Å². The Labute approximate surface area is 84.9 Å². The molecule has 1 rings (SSSR count). The molecule has 1 unspecified atom stereocenters. The van der Waals surface area contributed by atoms with Gasteiger partial charge in [-0.3, -0.25) is 0 Å². The minimum atomic E-state index is 0.119. The summed E-state index contributed by atoms with van der Waals surface area (Å²) in [4.78, 5) is 0. The summed E-state index contributed by atoms with van der Waals surface area (Å²) in [6.07, 6.45) is 1.90. The van der Waals surface area contributed by atoms with Crippen molar-refractivity contribution in [3.63, 3.8) is 0 Å². The van der Waals surface area contributed by atoms with Crippen molar-refractivity contribution in [3.05, 3.63) is 34.3 Å². The zero-order chi connectivity index (χ0) is 9.84. The minimum Gasteiger partial charge on any atom is -0.324 e. The molecular weight excluding hydrogens is 182 g/mol. The Bertz CT molecular complexity index is 283. The van der Waals surface area contributed by atoms with E-state index in [0.717, 1.165) is 17.9 Å². The van der Waals surface area contributed by atoms with Gasteiger partial charge in [-0.15, -0.1) is 0 Å². The zero-order valence-corrected chi connectivity index (χ0v) is 8.93. The van der Waals surface area contributed by atoms with Crippen molar-refractivity contribution in [1.29, 1.82) is 0 Å². The first-order valence-electron chi connectivity index (χ1n) is 4.73. The molecule has 0 fully saturated rings. The fourth-order valence-electron chi connectivity index (χ4n) is 1.52. The molecule has 0 amide bonds. The van der Waals surface area contributed by atoms with Crippen molar-refractivity contribution in [3.8, 4) is 0 Å². The predicted octanol–water partition coefficient (Wildman–Crippen LogP) is 3.31. The molecule has 0 aliphatic rings. The smallest absolute Gasteiger partial charge is 0.0441 e. The number of hydrogen-bond acceptors (Lipinski definition) is 1. The van der Waals surface area contributed by atoms with E-state index in [1.807, 2.05) is 12.1 Å². The molecule has 0 saturated carbocycles. The Morgan fingerprint density at radius 3 is 2.62 bits per heavy atom. The van der Waals surface area contributed by atoms with Crippen LogP contribution in [0, 0.1) is 0 Å². The molecule has 1 atom stereocenters. The number of halogens is 1. The number of nitrogens with two attached hydrogens (primary N) is 1. The van der Waals surface area contributed by atoms with Crippen LogP contribution in [-0.2, 0) is 6.42 Å². The van der Waals surface area contributed by atoms with Crippen LogP contribution in [0.5, 0.6) is 0 Å². The van der Waals surface area contributed by atoms with E-state index in [4.69, 9.17) is 17.3 Å². The third-order valence-electron chi connectivity index (χ3n) is 2.35. The van der Waals surface area contributed by atoms with Crippen LogP contribution >= 0.6 is 11.6 Å². The van der Waals surface area contributed by atoms with Crippen molar-refractivity contribution in [2.45, 2.75) is 32.7 Å². The second-order valence-electron chi connectivity index (χ2n) is 3.18. The molecule has 0 spiro atoms. The van der Waals surface area contributed by atoms with E-state index in [1.54, 1.807) is 0 Å². The fourth-order valence-corrected chi connectivity index (χ4v) is 1.83. The van der Waals surface area contributed by atoms with Gasteiger partial charge in [-0.05, 0) is 30.0 Å². The maximum Gasteiger partial charge on any atom is 0.0441 e. The highest BCUT2D eigenvalue weighted by Crippen LogP contribution is 2.25.